The molecule has 15 heteroatoms. The van der Waals surface area contributed by atoms with Crippen LogP contribution >= 0.6 is 0 Å². The highest BCUT2D eigenvalue weighted by atomic mass is 16.7. The van der Waals surface area contributed by atoms with E-state index in [0.29, 0.717) is 0 Å². The average molecular weight is 483 g/mol. The molecular formula is C18H33N3O12. The third kappa shape index (κ3) is 8.09. The number of aliphatic hydroxyl groups excluding tert-OH is 7. The van der Waals surface area contributed by atoms with E-state index in [1.807, 2.05) is 0 Å². The summed E-state index contributed by atoms with van der Waals surface area (Å²) in [5, 5.41) is 72.9. The highest BCUT2D eigenvalue weighted by molar-refractivity contribution is 5.79. The minimum absolute atomic E-state index is 0.484. The Morgan fingerprint density at radius 1 is 1.00 bits per heavy atom. The van der Waals surface area contributed by atoms with Crippen LogP contribution in [0.1, 0.15) is 20.8 Å². The molecule has 1 rings (SSSR count). The van der Waals surface area contributed by atoms with Gasteiger partial charge in [0.15, 0.2) is 6.29 Å². The van der Waals surface area contributed by atoms with Gasteiger partial charge in [0.05, 0.1) is 25.8 Å². The molecule has 0 aromatic heterocycles. The number of carbonyl (C=O) groups is 3. The van der Waals surface area contributed by atoms with Gasteiger partial charge in [0.25, 0.3) is 0 Å². The maximum absolute atomic E-state index is 11.8. The third-order valence-electron chi connectivity index (χ3n) is 4.90. The largest absolute Gasteiger partial charge is 0.394 e. The van der Waals surface area contributed by atoms with Crippen LogP contribution < -0.4 is 10.7 Å². The van der Waals surface area contributed by atoms with Gasteiger partial charge in [0.2, 0.25) is 17.7 Å². The first-order chi connectivity index (χ1) is 15.3. The van der Waals surface area contributed by atoms with Crippen LogP contribution in [0.25, 0.3) is 0 Å². The van der Waals surface area contributed by atoms with Crippen LogP contribution in [0.4, 0.5) is 0 Å². The number of hydrogen-bond acceptors (Lipinski definition) is 12. The molecular weight excluding hydrogens is 450 g/mol. The van der Waals surface area contributed by atoms with Crippen molar-refractivity contribution in [2.45, 2.75) is 75.8 Å². The summed E-state index contributed by atoms with van der Waals surface area (Å²) in [5.74, 6) is -1.93. The Hall–Kier alpha value is -1.95. The lowest BCUT2D eigenvalue weighted by Gasteiger charge is -2.43. The summed E-state index contributed by atoms with van der Waals surface area (Å²) in [7, 11) is 0. The van der Waals surface area contributed by atoms with E-state index in [1.165, 1.54) is 0 Å². The van der Waals surface area contributed by atoms with Gasteiger partial charge in [-0.15, -0.1) is 0 Å². The second-order valence-electron chi connectivity index (χ2n) is 7.64. The molecule has 1 aliphatic rings. The summed E-state index contributed by atoms with van der Waals surface area (Å²) in [5.41, 5.74) is 2.21. The van der Waals surface area contributed by atoms with Crippen molar-refractivity contribution in [3.63, 3.8) is 0 Å². The van der Waals surface area contributed by atoms with Crippen molar-refractivity contribution < 1.29 is 59.6 Å². The van der Waals surface area contributed by atoms with Crippen molar-refractivity contribution in [2.75, 3.05) is 19.8 Å². The minimum Gasteiger partial charge on any atom is -0.394 e. The van der Waals surface area contributed by atoms with Gasteiger partial charge in [0.1, 0.15) is 42.7 Å². The van der Waals surface area contributed by atoms with Crippen LogP contribution in [0.2, 0.25) is 0 Å². The second-order valence-corrected chi connectivity index (χ2v) is 7.64. The first-order valence-electron chi connectivity index (χ1n) is 10.1. The van der Waals surface area contributed by atoms with E-state index in [1.54, 1.807) is 0 Å². The lowest BCUT2D eigenvalue weighted by molar-refractivity contribution is -0.325. The zero-order chi connectivity index (χ0) is 25.5. The van der Waals surface area contributed by atoms with Crippen LogP contribution in [0.15, 0.2) is 0 Å². The molecule has 0 saturated carbocycles. The predicted molar refractivity (Wildman–Crippen MR) is 107 cm³/mol. The number of ether oxygens (including phenoxy) is 2. The van der Waals surface area contributed by atoms with Crippen LogP contribution in [0.3, 0.4) is 0 Å². The van der Waals surface area contributed by atoms with E-state index < -0.39 is 92.5 Å². The number of aliphatic hydroxyl groups is 7. The van der Waals surface area contributed by atoms with E-state index >= 15 is 0 Å². The van der Waals surface area contributed by atoms with Crippen LogP contribution in [0, 0.1) is 0 Å². The van der Waals surface area contributed by atoms with Gasteiger partial charge < -0.3 is 50.5 Å². The molecule has 1 aliphatic heterocycles. The summed E-state index contributed by atoms with van der Waals surface area (Å²) in [6, 6.07) is -1.37. The molecule has 0 spiro atoms. The van der Waals surface area contributed by atoms with Crippen molar-refractivity contribution in [1.29, 1.82) is 0 Å². The van der Waals surface area contributed by atoms with Crippen LogP contribution in [0.5, 0.6) is 0 Å². The first kappa shape index (κ1) is 29.1. The molecule has 0 aromatic carbocycles. The summed E-state index contributed by atoms with van der Waals surface area (Å²) in [4.78, 5) is 34.9. The summed E-state index contributed by atoms with van der Waals surface area (Å²) < 4.78 is 10.6. The number of rotatable bonds is 10. The maximum atomic E-state index is 11.8. The van der Waals surface area contributed by atoms with Crippen molar-refractivity contribution in [1.82, 2.24) is 15.8 Å². The number of nitrogens with zero attached hydrogens (tertiary/aromatic N) is 1. The molecule has 33 heavy (non-hydrogen) atoms. The lowest BCUT2D eigenvalue weighted by Crippen LogP contribution is -2.63. The number of hydrazine groups is 1. The maximum Gasteiger partial charge on any atom is 0.237 e. The van der Waals surface area contributed by atoms with Gasteiger partial charge in [-0.05, 0) is 0 Å². The molecule has 9 N–H and O–H groups in total. The molecule has 1 heterocycles. The van der Waals surface area contributed by atoms with Crippen molar-refractivity contribution in [2.24, 2.45) is 0 Å². The molecule has 1 saturated heterocycles. The predicted octanol–water partition coefficient (Wildman–Crippen LogP) is -5.71. The Bertz CT molecular complexity index is 666. The number of amides is 3. The highest BCUT2D eigenvalue weighted by Crippen LogP contribution is 2.25. The fourth-order valence-electron chi connectivity index (χ4n) is 3.21. The smallest absolute Gasteiger partial charge is 0.237 e. The van der Waals surface area contributed by atoms with Crippen molar-refractivity contribution in [3.8, 4) is 0 Å². The second kappa shape index (κ2) is 13.1. The first-order valence-corrected chi connectivity index (χ1v) is 10.1. The summed E-state index contributed by atoms with van der Waals surface area (Å²) in [6.07, 6.45) is -14.0. The van der Waals surface area contributed by atoms with Gasteiger partial charge in [-0.3, -0.25) is 24.8 Å². The molecule has 0 bridgehead atoms. The number of hydrogen-bond donors (Lipinski definition) is 9. The molecule has 3 amide bonds. The SMILES string of the molecule is CC(=O)N[C@H](CN(NC(C)=O)C(C)=O)[C@@H](O)[C@H](O[C@@H]1O[C@H](CO)[C@H](O)[C@H](O)[C@H]1O)[C@H](O)CO. The molecule has 192 valence electrons. The Balaban J connectivity index is 3.18. The van der Waals surface area contributed by atoms with Gasteiger partial charge in [-0.25, -0.2) is 0 Å². The molecule has 0 unspecified atom stereocenters. The van der Waals surface area contributed by atoms with Crippen molar-refractivity contribution in [3.05, 3.63) is 0 Å². The van der Waals surface area contributed by atoms with Gasteiger partial charge in [-0.2, -0.15) is 0 Å². The van der Waals surface area contributed by atoms with Crippen LogP contribution in [-0.2, 0) is 23.9 Å². The Kier molecular flexibility index (Phi) is 11.5. The lowest BCUT2D eigenvalue weighted by atomic mass is 9.97. The van der Waals surface area contributed by atoms with E-state index in [9.17, 15) is 50.1 Å². The quantitative estimate of drug-likeness (QED) is 0.132. The van der Waals surface area contributed by atoms with E-state index in [2.05, 4.69) is 10.7 Å². The van der Waals surface area contributed by atoms with Gasteiger partial charge >= 0.3 is 0 Å². The molecule has 0 aromatic rings. The third-order valence-corrected chi connectivity index (χ3v) is 4.90. The van der Waals surface area contributed by atoms with E-state index in [-0.39, 0.29) is 0 Å². The van der Waals surface area contributed by atoms with Gasteiger partial charge in [0, 0.05) is 20.8 Å². The van der Waals surface area contributed by atoms with E-state index in [0.717, 1.165) is 25.8 Å². The van der Waals surface area contributed by atoms with E-state index in [4.69, 9.17) is 9.47 Å². The fraction of sp³-hybridized carbons (Fsp3) is 0.833. The normalized spacial score (nSPS) is 28.8. The zero-order valence-corrected chi connectivity index (χ0v) is 18.4. The monoisotopic (exact) mass is 483 g/mol. The fourth-order valence-corrected chi connectivity index (χ4v) is 3.21. The Morgan fingerprint density at radius 3 is 2.06 bits per heavy atom. The Morgan fingerprint density at radius 2 is 1.61 bits per heavy atom. The average Bonchev–Trinajstić information content (AvgIpc) is 2.74. The Labute approximate surface area is 189 Å². The standard InChI is InChI=1S/C18H33N3O12/c1-7(24)19-10(4-21(9(3)26)20-8(2)25)13(28)17(11(27)5-22)33-18-16(31)15(30)14(29)12(6-23)32-18/h10-18,22-23,27-31H,4-6H2,1-3H3,(H,19,24)(H,20,25)/t10-,11-,12-,13-,14+,15+,16-,17-,18+/m1/s1. The number of nitrogens with one attached hydrogen (secondary N) is 2. The highest BCUT2D eigenvalue weighted by Gasteiger charge is 2.47. The summed E-state index contributed by atoms with van der Waals surface area (Å²) >= 11 is 0. The molecule has 0 radical (unpaired) electrons. The molecule has 9 atom stereocenters. The summed E-state index contributed by atoms with van der Waals surface area (Å²) in [6.45, 7) is 1.14. The van der Waals surface area contributed by atoms with Gasteiger partial charge in [-0.1, -0.05) is 0 Å². The molecule has 0 aliphatic carbocycles. The topological polar surface area (TPSA) is 239 Å². The molecule has 1 fully saturated rings. The van der Waals surface area contributed by atoms with Crippen LogP contribution in [-0.4, -0.2) is 133 Å². The zero-order valence-electron chi connectivity index (χ0n) is 18.4. The minimum atomic E-state index is -1.88. The molecule has 15 nitrogen and oxygen atoms in total. The van der Waals surface area contributed by atoms with Crippen molar-refractivity contribution >= 4 is 17.7 Å². The number of carbonyl (C=O) groups excluding carboxylic acids is 3.